The van der Waals surface area contributed by atoms with Gasteiger partial charge in [0.15, 0.2) is 0 Å². The van der Waals surface area contributed by atoms with Crippen LogP contribution in [0.1, 0.15) is 5.56 Å². The summed E-state index contributed by atoms with van der Waals surface area (Å²) in [4.78, 5) is 23.0. The Morgan fingerprint density at radius 1 is 1.27 bits per heavy atom. The van der Waals surface area contributed by atoms with Crippen molar-refractivity contribution in [2.45, 2.75) is 6.18 Å². The Kier molecular flexibility index (Phi) is 6.05. The molecule has 0 aliphatic carbocycles. The zero-order valence-electron chi connectivity index (χ0n) is 11.7. The van der Waals surface area contributed by atoms with Gasteiger partial charge in [-0.25, -0.2) is 4.79 Å². The number of rotatable bonds is 6. The Hall–Kier alpha value is -2.42. The summed E-state index contributed by atoms with van der Waals surface area (Å²) in [6, 6.07) is 4.13. The third-order valence-electron chi connectivity index (χ3n) is 2.40. The summed E-state index contributed by atoms with van der Waals surface area (Å²) in [5.41, 5.74) is 0.680. The number of carbonyl (C=O) groups is 2. The predicted octanol–water partition coefficient (Wildman–Crippen LogP) is 1.86. The summed E-state index contributed by atoms with van der Waals surface area (Å²) in [6.45, 7) is -0.418. The molecule has 0 heterocycles. The van der Waals surface area contributed by atoms with Crippen LogP contribution in [0.2, 0.25) is 0 Å². The van der Waals surface area contributed by atoms with E-state index in [0.29, 0.717) is 0 Å². The summed E-state index contributed by atoms with van der Waals surface area (Å²) in [7, 11) is 2.29. The molecule has 0 radical (unpaired) electrons. The van der Waals surface area contributed by atoms with Crippen molar-refractivity contribution in [3.63, 3.8) is 0 Å². The number of ketones is 1. The largest absolute Gasteiger partial charge is 0.464 e. The quantitative estimate of drug-likeness (QED) is 0.375. The zero-order chi connectivity index (χ0) is 16.8. The van der Waals surface area contributed by atoms with Crippen molar-refractivity contribution in [3.8, 4) is 0 Å². The Labute approximate surface area is 123 Å². The molecule has 6 nitrogen and oxygen atoms in total. The third kappa shape index (κ3) is 4.85. The number of esters is 1. The molecule has 22 heavy (non-hydrogen) atoms. The van der Waals surface area contributed by atoms with Crippen molar-refractivity contribution >= 4 is 23.2 Å². The number of hydrazone groups is 1. The fourth-order valence-corrected chi connectivity index (χ4v) is 1.40. The molecule has 0 unspecified atom stereocenters. The Morgan fingerprint density at radius 2 is 1.95 bits per heavy atom. The van der Waals surface area contributed by atoms with Gasteiger partial charge >= 0.3 is 12.1 Å². The van der Waals surface area contributed by atoms with Crippen LogP contribution in [-0.4, -0.2) is 38.3 Å². The highest BCUT2D eigenvalue weighted by atomic mass is 19.4. The molecule has 1 rings (SSSR count). The van der Waals surface area contributed by atoms with Gasteiger partial charge in [-0.3, -0.25) is 10.2 Å². The normalized spacial score (nSPS) is 12.0. The molecule has 120 valence electrons. The maximum Gasteiger partial charge on any atom is 0.416 e. The molecule has 9 heteroatoms. The lowest BCUT2D eigenvalue weighted by Crippen LogP contribution is -2.29. The van der Waals surface area contributed by atoms with Crippen LogP contribution in [0, 0.1) is 0 Å². The highest BCUT2D eigenvalue weighted by molar-refractivity contribution is 6.64. The van der Waals surface area contributed by atoms with Gasteiger partial charge in [-0.05, 0) is 18.2 Å². The summed E-state index contributed by atoms with van der Waals surface area (Å²) < 4.78 is 46.7. The molecule has 0 aliphatic heterocycles. The SMILES string of the molecule is COCC(=O)/C(=N/Nc1cccc(C(F)(F)F)c1)C(=O)OC. The number of alkyl halides is 3. The van der Waals surface area contributed by atoms with Crippen molar-refractivity contribution in [1.82, 2.24) is 0 Å². The van der Waals surface area contributed by atoms with Gasteiger partial charge in [0.1, 0.15) is 6.61 Å². The van der Waals surface area contributed by atoms with Crippen molar-refractivity contribution in [2.75, 3.05) is 26.3 Å². The number of benzene rings is 1. The van der Waals surface area contributed by atoms with Gasteiger partial charge in [0.2, 0.25) is 11.5 Å². The van der Waals surface area contributed by atoms with Crippen molar-refractivity contribution in [1.29, 1.82) is 0 Å². The maximum atomic E-state index is 12.6. The number of anilines is 1. The molecule has 1 aromatic rings. The first-order chi connectivity index (χ1) is 10.3. The molecule has 0 amide bonds. The van der Waals surface area contributed by atoms with Gasteiger partial charge < -0.3 is 9.47 Å². The Morgan fingerprint density at radius 3 is 2.50 bits per heavy atom. The van der Waals surface area contributed by atoms with Gasteiger partial charge in [0.05, 0.1) is 18.4 Å². The standard InChI is InChI=1S/C13H13F3N2O4/c1-21-7-10(19)11(12(20)22-2)18-17-9-5-3-4-8(6-9)13(14,15)16/h3-6,17H,7H2,1-2H3/b18-11-. The van der Waals surface area contributed by atoms with E-state index >= 15 is 0 Å². The number of Topliss-reactive ketones (excluding diaryl/α,β-unsaturated/α-hetero) is 1. The average Bonchev–Trinajstić information content (AvgIpc) is 2.47. The second-order valence-electron chi connectivity index (χ2n) is 4.00. The first-order valence-corrected chi connectivity index (χ1v) is 5.91. The van der Waals surface area contributed by atoms with Crippen LogP contribution in [-0.2, 0) is 25.2 Å². The van der Waals surface area contributed by atoms with Crippen molar-refractivity contribution < 1.29 is 32.2 Å². The third-order valence-corrected chi connectivity index (χ3v) is 2.40. The van der Waals surface area contributed by atoms with Gasteiger partial charge in [-0.2, -0.15) is 18.3 Å². The van der Waals surface area contributed by atoms with Gasteiger partial charge in [0.25, 0.3) is 0 Å². The van der Waals surface area contributed by atoms with E-state index in [-0.39, 0.29) is 5.69 Å². The number of nitrogens with one attached hydrogen (secondary N) is 1. The highest BCUT2D eigenvalue weighted by Gasteiger charge is 2.30. The lowest BCUT2D eigenvalue weighted by atomic mass is 10.2. The fraction of sp³-hybridized carbons (Fsp3) is 0.308. The van der Waals surface area contributed by atoms with E-state index < -0.39 is 35.8 Å². The van der Waals surface area contributed by atoms with Gasteiger partial charge in [0, 0.05) is 7.11 Å². The fourth-order valence-electron chi connectivity index (χ4n) is 1.40. The molecule has 0 bridgehead atoms. The lowest BCUT2D eigenvalue weighted by molar-refractivity contribution is -0.137. The second-order valence-corrected chi connectivity index (χ2v) is 4.00. The predicted molar refractivity (Wildman–Crippen MR) is 71.4 cm³/mol. The van der Waals surface area contributed by atoms with E-state index in [1.165, 1.54) is 13.2 Å². The molecular formula is C13H13F3N2O4. The first kappa shape index (κ1) is 17.6. The molecule has 0 saturated carbocycles. The van der Waals surface area contributed by atoms with Crippen LogP contribution >= 0.6 is 0 Å². The molecule has 0 saturated heterocycles. The van der Waals surface area contributed by atoms with Crippen molar-refractivity contribution in [3.05, 3.63) is 29.8 Å². The average molecular weight is 318 g/mol. The number of halogens is 3. The Balaban J connectivity index is 3.00. The van der Waals surface area contributed by atoms with E-state index in [4.69, 9.17) is 0 Å². The first-order valence-electron chi connectivity index (χ1n) is 5.91. The zero-order valence-corrected chi connectivity index (χ0v) is 11.7. The summed E-state index contributed by atoms with van der Waals surface area (Å²) in [5.74, 6) is -1.80. The molecule has 1 N–H and O–H groups in total. The molecule has 0 fully saturated rings. The highest BCUT2D eigenvalue weighted by Crippen LogP contribution is 2.30. The maximum absolute atomic E-state index is 12.6. The van der Waals surface area contributed by atoms with Crippen LogP contribution < -0.4 is 5.43 Å². The summed E-state index contributed by atoms with van der Waals surface area (Å²) >= 11 is 0. The van der Waals surface area contributed by atoms with Gasteiger partial charge in [-0.15, -0.1) is 0 Å². The van der Waals surface area contributed by atoms with E-state index in [1.807, 2.05) is 0 Å². The number of nitrogens with zero attached hydrogens (tertiary/aromatic N) is 1. The number of hydrogen-bond donors (Lipinski definition) is 1. The molecule has 1 aromatic carbocycles. The molecule has 0 aliphatic rings. The molecule has 0 atom stereocenters. The van der Waals surface area contributed by atoms with Crippen LogP contribution in [0.25, 0.3) is 0 Å². The van der Waals surface area contributed by atoms with Crippen molar-refractivity contribution in [2.24, 2.45) is 5.10 Å². The van der Waals surface area contributed by atoms with Gasteiger partial charge in [-0.1, -0.05) is 6.07 Å². The number of carbonyl (C=O) groups excluding carboxylic acids is 2. The monoisotopic (exact) mass is 318 g/mol. The van der Waals surface area contributed by atoms with Crippen LogP contribution in [0.15, 0.2) is 29.4 Å². The molecule has 0 aromatic heterocycles. The summed E-state index contributed by atoms with van der Waals surface area (Å²) in [6.07, 6.45) is -4.52. The molecular weight excluding hydrogens is 305 g/mol. The van der Waals surface area contributed by atoms with Crippen LogP contribution in [0.4, 0.5) is 18.9 Å². The number of methoxy groups -OCH3 is 2. The van der Waals surface area contributed by atoms with E-state index in [9.17, 15) is 22.8 Å². The lowest BCUT2D eigenvalue weighted by Gasteiger charge is -2.09. The number of ether oxygens (including phenoxy) is 2. The Bertz CT molecular complexity index is 585. The van der Waals surface area contributed by atoms with E-state index in [2.05, 4.69) is 20.0 Å². The molecule has 0 spiro atoms. The topological polar surface area (TPSA) is 77.0 Å². The minimum absolute atomic E-state index is 0.0403. The second kappa shape index (κ2) is 7.55. The van der Waals surface area contributed by atoms with Crippen LogP contribution in [0.5, 0.6) is 0 Å². The minimum atomic E-state index is -4.52. The van der Waals surface area contributed by atoms with E-state index in [0.717, 1.165) is 25.3 Å². The summed E-state index contributed by atoms with van der Waals surface area (Å²) in [5, 5.41) is 3.50. The minimum Gasteiger partial charge on any atom is -0.464 e. The number of hydrogen-bond acceptors (Lipinski definition) is 6. The smallest absolute Gasteiger partial charge is 0.416 e. The van der Waals surface area contributed by atoms with E-state index in [1.54, 1.807) is 0 Å². The van der Waals surface area contributed by atoms with Crippen LogP contribution in [0.3, 0.4) is 0 Å².